The molecule has 2 aromatic rings. The quantitative estimate of drug-likeness (QED) is 0.764. The summed E-state index contributed by atoms with van der Waals surface area (Å²) in [5.41, 5.74) is 0.821. The van der Waals surface area contributed by atoms with Gasteiger partial charge in [-0.1, -0.05) is 60.7 Å². The maximum absolute atomic E-state index is 11.0. The van der Waals surface area contributed by atoms with Crippen LogP contribution in [0.4, 0.5) is 0 Å². The minimum absolute atomic E-state index is 0.164. The molecule has 0 fully saturated rings. The molecule has 2 heteroatoms. The highest BCUT2D eigenvalue weighted by Crippen LogP contribution is 2.34. The molecule has 0 saturated heterocycles. The molecule has 0 saturated carbocycles. The molecule has 0 aliphatic rings. The molecule has 0 unspecified atom stereocenters. The van der Waals surface area contributed by atoms with Crippen molar-refractivity contribution in [3.63, 3.8) is 0 Å². The van der Waals surface area contributed by atoms with Gasteiger partial charge in [0.1, 0.15) is 11.7 Å². The Kier molecular flexibility index (Phi) is 3.54. The Bertz CT molecular complexity index is 515. The van der Waals surface area contributed by atoms with Crippen LogP contribution in [0, 0.1) is 11.3 Å². The summed E-state index contributed by atoms with van der Waals surface area (Å²) in [5.74, 6) is 0. The van der Waals surface area contributed by atoms with Crippen LogP contribution in [-0.4, -0.2) is 6.29 Å². The van der Waals surface area contributed by atoms with E-state index >= 15 is 0 Å². The van der Waals surface area contributed by atoms with Gasteiger partial charge < -0.3 is 4.79 Å². The summed E-state index contributed by atoms with van der Waals surface area (Å²) >= 11 is 0. The van der Waals surface area contributed by atoms with E-state index in [2.05, 4.69) is 6.07 Å². The number of benzene rings is 2. The zero-order valence-electron chi connectivity index (χ0n) is 9.91. The van der Waals surface area contributed by atoms with Gasteiger partial charge in [0.2, 0.25) is 0 Å². The van der Waals surface area contributed by atoms with Crippen molar-refractivity contribution in [3.05, 3.63) is 71.8 Å². The fraction of sp³-hybridized carbons (Fsp3) is 0.125. The van der Waals surface area contributed by atoms with Crippen molar-refractivity contribution in [1.82, 2.24) is 0 Å². The molecule has 0 N–H and O–H groups in total. The van der Waals surface area contributed by atoms with Crippen LogP contribution < -0.4 is 0 Å². The Labute approximate surface area is 107 Å². The van der Waals surface area contributed by atoms with Crippen LogP contribution in [0.2, 0.25) is 0 Å². The SMILES string of the molecule is N#CC(CC=O)(c1ccccc1)c1ccccc1. The van der Waals surface area contributed by atoms with Crippen LogP contribution >= 0.6 is 0 Å². The van der Waals surface area contributed by atoms with E-state index in [4.69, 9.17) is 0 Å². The average molecular weight is 235 g/mol. The van der Waals surface area contributed by atoms with Crippen LogP contribution in [0.15, 0.2) is 60.7 Å². The Morgan fingerprint density at radius 1 is 0.944 bits per heavy atom. The summed E-state index contributed by atoms with van der Waals surface area (Å²) < 4.78 is 0. The van der Waals surface area contributed by atoms with Crippen molar-refractivity contribution < 1.29 is 4.79 Å². The van der Waals surface area contributed by atoms with E-state index < -0.39 is 5.41 Å². The van der Waals surface area contributed by atoms with Gasteiger partial charge in [0.25, 0.3) is 0 Å². The Hall–Kier alpha value is -2.40. The normalized spacial score (nSPS) is 10.6. The zero-order chi connectivity index (χ0) is 12.8. The Morgan fingerprint density at radius 3 is 1.72 bits per heavy atom. The van der Waals surface area contributed by atoms with Crippen LogP contribution in [0.3, 0.4) is 0 Å². The van der Waals surface area contributed by atoms with E-state index in [0.29, 0.717) is 0 Å². The molecule has 0 aromatic heterocycles. The minimum Gasteiger partial charge on any atom is -0.303 e. The Morgan fingerprint density at radius 2 is 1.39 bits per heavy atom. The molecule has 0 heterocycles. The third-order valence-corrected chi connectivity index (χ3v) is 3.11. The molecule has 0 spiro atoms. The molecule has 0 bridgehead atoms. The fourth-order valence-corrected chi connectivity index (χ4v) is 2.15. The fourth-order valence-electron chi connectivity index (χ4n) is 2.15. The summed E-state index contributed by atoms with van der Waals surface area (Å²) in [6, 6.07) is 21.2. The molecular weight excluding hydrogens is 222 g/mol. The number of hydrogen-bond donors (Lipinski definition) is 0. The maximum Gasteiger partial charge on any atom is 0.122 e. The molecule has 2 aromatic carbocycles. The zero-order valence-corrected chi connectivity index (χ0v) is 9.91. The summed E-state index contributed by atoms with van der Waals surface area (Å²) in [5, 5.41) is 9.61. The number of carbonyl (C=O) groups is 1. The van der Waals surface area contributed by atoms with Crippen LogP contribution in [0.5, 0.6) is 0 Å². The summed E-state index contributed by atoms with van der Waals surface area (Å²) in [7, 11) is 0. The summed E-state index contributed by atoms with van der Waals surface area (Å²) in [6.07, 6.45) is 0.973. The number of nitriles is 1. The highest BCUT2D eigenvalue weighted by Gasteiger charge is 2.33. The van der Waals surface area contributed by atoms with Gasteiger partial charge in [-0.15, -0.1) is 0 Å². The predicted octanol–water partition coefficient (Wildman–Crippen LogP) is 3.09. The average Bonchev–Trinajstić information content (AvgIpc) is 2.47. The highest BCUT2D eigenvalue weighted by atomic mass is 16.1. The van der Waals surface area contributed by atoms with Gasteiger partial charge in [0.15, 0.2) is 0 Å². The third-order valence-electron chi connectivity index (χ3n) is 3.11. The first-order valence-electron chi connectivity index (χ1n) is 5.79. The highest BCUT2D eigenvalue weighted by molar-refractivity contribution is 5.60. The molecule has 0 radical (unpaired) electrons. The van der Waals surface area contributed by atoms with Gasteiger partial charge in [-0.3, -0.25) is 0 Å². The first kappa shape index (κ1) is 12.1. The van der Waals surface area contributed by atoms with E-state index in [9.17, 15) is 10.1 Å². The molecule has 88 valence electrons. The van der Waals surface area contributed by atoms with Gasteiger partial charge in [0.05, 0.1) is 6.07 Å². The predicted molar refractivity (Wildman–Crippen MR) is 70.0 cm³/mol. The topological polar surface area (TPSA) is 40.9 Å². The first-order chi connectivity index (χ1) is 8.83. The molecule has 18 heavy (non-hydrogen) atoms. The van der Waals surface area contributed by atoms with Crippen molar-refractivity contribution in [2.45, 2.75) is 11.8 Å². The lowest BCUT2D eigenvalue weighted by Crippen LogP contribution is -2.26. The van der Waals surface area contributed by atoms with Gasteiger partial charge in [-0.25, -0.2) is 0 Å². The second-order valence-electron chi connectivity index (χ2n) is 4.12. The van der Waals surface area contributed by atoms with E-state index in [1.807, 2.05) is 60.7 Å². The van der Waals surface area contributed by atoms with Crippen LogP contribution in [0.25, 0.3) is 0 Å². The van der Waals surface area contributed by atoms with E-state index in [-0.39, 0.29) is 6.42 Å². The second-order valence-corrected chi connectivity index (χ2v) is 4.12. The molecule has 0 atom stereocenters. The minimum atomic E-state index is -0.885. The maximum atomic E-state index is 11.0. The molecule has 0 aliphatic heterocycles. The Balaban J connectivity index is 2.62. The van der Waals surface area contributed by atoms with Gasteiger partial charge >= 0.3 is 0 Å². The molecule has 2 nitrogen and oxygen atoms in total. The van der Waals surface area contributed by atoms with Crippen molar-refractivity contribution in [2.24, 2.45) is 0 Å². The molecule has 0 amide bonds. The van der Waals surface area contributed by atoms with Crippen molar-refractivity contribution in [3.8, 4) is 6.07 Å². The molecule has 0 aliphatic carbocycles. The number of aldehydes is 1. The largest absolute Gasteiger partial charge is 0.303 e. The van der Waals surface area contributed by atoms with Crippen molar-refractivity contribution in [1.29, 1.82) is 5.26 Å². The smallest absolute Gasteiger partial charge is 0.122 e. The van der Waals surface area contributed by atoms with Gasteiger partial charge in [0, 0.05) is 6.42 Å². The summed E-state index contributed by atoms with van der Waals surface area (Å²) in [6.45, 7) is 0. The first-order valence-corrected chi connectivity index (χ1v) is 5.79. The number of nitrogens with zero attached hydrogens (tertiary/aromatic N) is 1. The number of carbonyl (C=O) groups excluding carboxylic acids is 1. The summed E-state index contributed by atoms with van der Waals surface area (Å²) in [4.78, 5) is 11.0. The second kappa shape index (κ2) is 5.29. The lowest BCUT2D eigenvalue weighted by atomic mass is 9.73. The van der Waals surface area contributed by atoms with E-state index in [1.165, 1.54) is 0 Å². The molecular formula is C16H13NO. The number of hydrogen-bond acceptors (Lipinski definition) is 2. The van der Waals surface area contributed by atoms with E-state index in [0.717, 1.165) is 17.4 Å². The standard InChI is InChI=1S/C16H13NO/c17-13-16(11-12-18,14-7-3-1-4-8-14)15-9-5-2-6-10-15/h1-10,12H,11H2. The van der Waals surface area contributed by atoms with Crippen LogP contribution in [0.1, 0.15) is 17.5 Å². The lowest BCUT2D eigenvalue weighted by molar-refractivity contribution is -0.108. The van der Waals surface area contributed by atoms with Gasteiger partial charge in [-0.05, 0) is 11.1 Å². The van der Waals surface area contributed by atoms with Gasteiger partial charge in [-0.2, -0.15) is 5.26 Å². The van der Waals surface area contributed by atoms with Crippen molar-refractivity contribution >= 4 is 6.29 Å². The lowest BCUT2D eigenvalue weighted by Gasteiger charge is -2.25. The number of rotatable bonds is 4. The van der Waals surface area contributed by atoms with Crippen LogP contribution in [-0.2, 0) is 10.2 Å². The van der Waals surface area contributed by atoms with E-state index in [1.54, 1.807) is 0 Å². The monoisotopic (exact) mass is 235 g/mol. The molecule has 2 rings (SSSR count). The third kappa shape index (κ3) is 2.03. The van der Waals surface area contributed by atoms with Crippen molar-refractivity contribution in [2.75, 3.05) is 0 Å².